The van der Waals surface area contributed by atoms with Crippen LogP contribution in [0.15, 0.2) is 36.5 Å². The molecule has 2 N–H and O–H groups in total. The number of hydrogen-bond acceptors (Lipinski definition) is 6. The van der Waals surface area contributed by atoms with Gasteiger partial charge in [0, 0.05) is 11.8 Å². The molecule has 0 atom stereocenters. The lowest BCUT2D eigenvalue weighted by Gasteiger charge is -2.24. The van der Waals surface area contributed by atoms with E-state index >= 15 is 0 Å². The summed E-state index contributed by atoms with van der Waals surface area (Å²) in [6, 6.07) is 9.03. The van der Waals surface area contributed by atoms with E-state index in [1.165, 1.54) is 0 Å². The highest BCUT2D eigenvalue weighted by Crippen LogP contribution is 2.25. The van der Waals surface area contributed by atoms with Crippen LogP contribution in [0.5, 0.6) is 5.75 Å². The van der Waals surface area contributed by atoms with Crippen molar-refractivity contribution in [3.63, 3.8) is 0 Å². The van der Waals surface area contributed by atoms with Gasteiger partial charge < -0.3 is 15.2 Å². The van der Waals surface area contributed by atoms with Gasteiger partial charge in [0.1, 0.15) is 5.75 Å². The first-order chi connectivity index (χ1) is 10.4. The number of hydrogen-bond donors (Lipinski definition) is 1. The van der Waals surface area contributed by atoms with Crippen LogP contribution in [-0.4, -0.2) is 28.1 Å². The van der Waals surface area contributed by atoms with E-state index in [0.29, 0.717) is 18.1 Å². The van der Waals surface area contributed by atoms with Gasteiger partial charge in [0.2, 0.25) is 5.95 Å². The first-order valence-corrected chi connectivity index (χ1v) is 6.97. The third-order valence-electron chi connectivity index (χ3n) is 2.94. The van der Waals surface area contributed by atoms with Gasteiger partial charge in [-0.1, -0.05) is 12.1 Å². The van der Waals surface area contributed by atoms with Crippen molar-refractivity contribution in [2.75, 3.05) is 12.3 Å². The summed E-state index contributed by atoms with van der Waals surface area (Å²) in [7, 11) is 0. The van der Waals surface area contributed by atoms with Crippen LogP contribution in [0, 0.1) is 0 Å². The van der Waals surface area contributed by atoms with E-state index in [1.54, 1.807) is 45.2 Å². The number of benzene rings is 1. The van der Waals surface area contributed by atoms with Crippen LogP contribution in [0.4, 0.5) is 5.95 Å². The van der Waals surface area contributed by atoms with Crippen LogP contribution in [0.3, 0.4) is 0 Å². The Kier molecular flexibility index (Phi) is 4.60. The van der Waals surface area contributed by atoms with Crippen molar-refractivity contribution < 1.29 is 14.3 Å². The van der Waals surface area contributed by atoms with E-state index in [0.717, 1.165) is 5.56 Å². The number of carbonyl (C=O) groups is 1. The molecule has 6 heteroatoms. The first kappa shape index (κ1) is 15.8. The van der Waals surface area contributed by atoms with Crippen LogP contribution in [0.1, 0.15) is 20.8 Å². The van der Waals surface area contributed by atoms with Crippen molar-refractivity contribution in [2.24, 2.45) is 0 Å². The van der Waals surface area contributed by atoms with Crippen LogP contribution in [0.2, 0.25) is 0 Å². The van der Waals surface area contributed by atoms with Crippen molar-refractivity contribution >= 4 is 11.9 Å². The Bertz CT molecular complexity index is 671. The molecule has 0 aliphatic carbocycles. The summed E-state index contributed by atoms with van der Waals surface area (Å²) < 4.78 is 10.8. The highest BCUT2D eigenvalue weighted by Gasteiger charge is 2.31. The monoisotopic (exact) mass is 301 g/mol. The number of nitrogens with zero attached hydrogens (tertiary/aromatic N) is 2. The number of aromatic nitrogens is 2. The fourth-order valence-corrected chi connectivity index (χ4v) is 1.89. The number of nitrogen functional groups attached to an aromatic ring is 1. The Morgan fingerprint density at radius 1 is 1.32 bits per heavy atom. The van der Waals surface area contributed by atoms with Crippen molar-refractivity contribution in [1.29, 1.82) is 0 Å². The molecule has 0 bridgehead atoms. The lowest BCUT2D eigenvalue weighted by molar-refractivity contribution is -0.158. The molecular formula is C16H19N3O3. The Hall–Kier alpha value is -2.63. The molecule has 0 radical (unpaired) electrons. The van der Waals surface area contributed by atoms with Crippen molar-refractivity contribution in [3.05, 3.63) is 36.5 Å². The molecule has 0 saturated heterocycles. The average molecular weight is 301 g/mol. The minimum Gasteiger partial charge on any atom is -0.476 e. The summed E-state index contributed by atoms with van der Waals surface area (Å²) in [5, 5.41) is 0. The van der Waals surface area contributed by atoms with Crippen molar-refractivity contribution in [3.8, 4) is 17.0 Å². The average Bonchev–Trinajstić information content (AvgIpc) is 2.47. The zero-order valence-electron chi connectivity index (χ0n) is 12.9. The molecule has 0 amide bonds. The molecule has 0 fully saturated rings. The maximum absolute atomic E-state index is 11.9. The molecule has 0 spiro atoms. The Morgan fingerprint density at radius 3 is 2.77 bits per heavy atom. The van der Waals surface area contributed by atoms with Crippen LogP contribution < -0.4 is 10.5 Å². The summed E-state index contributed by atoms with van der Waals surface area (Å²) >= 11 is 0. The number of esters is 1. The molecule has 2 rings (SSSR count). The summed E-state index contributed by atoms with van der Waals surface area (Å²) in [6.45, 7) is 5.40. The third-order valence-corrected chi connectivity index (χ3v) is 2.94. The van der Waals surface area contributed by atoms with Crippen LogP contribution >= 0.6 is 0 Å². The minimum atomic E-state index is -1.07. The quantitative estimate of drug-likeness (QED) is 0.853. The van der Waals surface area contributed by atoms with E-state index < -0.39 is 11.6 Å². The second-order valence-electron chi connectivity index (χ2n) is 5.16. The molecule has 116 valence electrons. The highest BCUT2D eigenvalue weighted by atomic mass is 16.6. The maximum atomic E-state index is 11.9. The number of carbonyl (C=O) groups excluding carboxylic acids is 1. The van der Waals surface area contributed by atoms with Gasteiger partial charge in [-0.2, -0.15) is 0 Å². The second kappa shape index (κ2) is 6.43. The molecule has 0 unspecified atom stereocenters. The molecular weight excluding hydrogens is 282 g/mol. The SMILES string of the molecule is CCOC(=O)C(C)(C)Oc1cccc(-c2ccnc(N)n2)c1. The Labute approximate surface area is 129 Å². The zero-order chi connectivity index (χ0) is 16.2. The molecule has 0 saturated carbocycles. The lowest BCUT2D eigenvalue weighted by Crippen LogP contribution is -2.39. The third kappa shape index (κ3) is 3.72. The smallest absolute Gasteiger partial charge is 0.349 e. The number of ether oxygens (including phenoxy) is 2. The maximum Gasteiger partial charge on any atom is 0.349 e. The highest BCUT2D eigenvalue weighted by molar-refractivity contribution is 5.79. The molecule has 1 heterocycles. The standard InChI is InChI=1S/C16H19N3O3/c1-4-21-14(20)16(2,3)22-12-7-5-6-11(10-12)13-8-9-18-15(17)19-13/h5-10H,4H2,1-3H3,(H2,17,18,19). The van der Waals surface area contributed by atoms with Gasteiger partial charge in [-0.3, -0.25) is 0 Å². The predicted octanol–water partition coefficient (Wildman–Crippen LogP) is 2.45. The Morgan fingerprint density at radius 2 is 2.09 bits per heavy atom. The molecule has 1 aromatic carbocycles. The molecule has 0 aliphatic rings. The molecule has 0 aliphatic heterocycles. The van der Waals surface area contributed by atoms with Gasteiger partial charge in [0.25, 0.3) is 0 Å². The zero-order valence-corrected chi connectivity index (χ0v) is 12.9. The van der Waals surface area contributed by atoms with Crippen LogP contribution in [-0.2, 0) is 9.53 Å². The number of rotatable bonds is 5. The first-order valence-electron chi connectivity index (χ1n) is 6.97. The van der Waals surface area contributed by atoms with Gasteiger partial charge >= 0.3 is 5.97 Å². The van der Waals surface area contributed by atoms with Gasteiger partial charge in [0.05, 0.1) is 12.3 Å². The molecule has 2 aromatic rings. The van der Waals surface area contributed by atoms with Crippen molar-refractivity contribution in [2.45, 2.75) is 26.4 Å². The molecule has 22 heavy (non-hydrogen) atoms. The van der Waals surface area contributed by atoms with E-state index in [1.807, 2.05) is 12.1 Å². The largest absolute Gasteiger partial charge is 0.476 e. The van der Waals surface area contributed by atoms with Crippen LogP contribution in [0.25, 0.3) is 11.3 Å². The van der Waals surface area contributed by atoms with Gasteiger partial charge in [-0.15, -0.1) is 0 Å². The fraction of sp³-hybridized carbons (Fsp3) is 0.312. The van der Waals surface area contributed by atoms with Gasteiger partial charge in [-0.25, -0.2) is 14.8 Å². The van der Waals surface area contributed by atoms with Gasteiger partial charge in [0.15, 0.2) is 5.60 Å². The van der Waals surface area contributed by atoms with Crippen molar-refractivity contribution in [1.82, 2.24) is 9.97 Å². The summed E-state index contributed by atoms with van der Waals surface area (Å²) in [5.41, 5.74) is 6.04. The van der Waals surface area contributed by atoms with E-state index in [9.17, 15) is 4.79 Å². The fourth-order valence-electron chi connectivity index (χ4n) is 1.89. The lowest BCUT2D eigenvalue weighted by atomic mass is 10.1. The predicted molar refractivity (Wildman–Crippen MR) is 83.2 cm³/mol. The summed E-state index contributed by atoms with van der Waals surface area (Å²) in [5.74, 6) is 0.343. The number of anilines is 1. The summed E-state index contributed by atoms with van der Waals surface area (Å²) in [4.78, 5) is 19.9. The Balaban J connectivity index is 2.24. The second-order valence-corrected chi connectivity index (χ2v) is 5.16. The summed E-state index contributed by atoms with van der Waals surface area (Å²) in [6.07, 6.45) is 1.59. The van der Waals surface area contributed by atoms with Gasteiger partial charge in [-0.05, 0) is 39.0 Å². The van der Waals surface area contributed by atoms with E-state index in [4.69, 9.17) is 15.2 Å². The topological polar surface area (TPSA) is 87.3 Å². The molecule has 6 nitrogen and oxygen atoms in total. The normalized spacial score (nSPS) is 11.0. The van der Waals surface area contributed by atoms with E-state index in [2.05, 4.69) is 9.97 Å². The minimum absolute atomic E-state index is 0.204. The number of nitrogens with two attached hydrogens (primary N) is 1. The molecule has 1 aromatic heterocycles. The van der Waals surface area contributed by atoms with E-state index in [-0.39, 0.29) is 5.95 Å².